The Labute approximate surface area is 151 Å². The van der Waals surface area contributed by atoms with E-state index in [0.29, 0.717) is 0 Å². The predicted octanol–water partition coefficient (Wildman–Crippen LogP) is 5.94. The largest absolute Gasteiger partial charge is 0.507 e. The second-order valence-electron chi connectivity index (χ2n) is 7.33. The molecule has 0 aromatic heterocycles. The van der Waals surface area contributed by atoms with Gasteiger partial charge in [0.2, 0.25) is 0 Å². The third-order valence-corrected chi connectivity index (χ3v) is 5.15. The molecule has 2 aromatic carbocycles. The molecule has 0 radical (unpaired) electrons. The number of rotatable bonds is 4. The Hall–Kier alpha value is -2.48. The molecule has 0 bridgehead atoms. The predicted molar refractivity (Wildman–Crippen MR) is 107 cm³/mol. The zero-order valence-corrected chi connectivity index (χ0v) is 16.1. The van der Waals surface area contributed by atoms with Gasteiger partial charge >= 0.3 is 0 Å². The Kier molecular flexibility index (Phi) is 4.85. The molecule has 0 saturated carbocycles. The number of aryl methyl sites for hydroxylation is 4. The zero-order chi connectivity index (χ0) is 19.1. The summed E-state index contributed by atoms with van der Waals surface area (Å²) in [5, 5.41) is 21.9. The van der Waals surface area contributed by atoms with Gasteiger partial charge in [0.25, 0.3) is 0 Å². The lowest BCUT2D eigenvalue weighted by molar-refractivity contribution is 0.431. The number of aromatic hydroxyl groups is 2. The van der Waals surface area contributed by atoms with Crippen LogP contribution in [0.25, 0.3) is 12.2 Å². The fourth-order valence-electron chi connectivity index (χ4n) is 4.18. The molecule has 2 rings (SSSR count). The number of hydrogen-bond acceptors (Lipinski definition) is 2. The monoisotopic (exact) mass is 336 g/mol. The molecule has 0 heterocycles. The summed E-state index contributed by atoms with van der Waals surface area (Å²) >= 11 is 0. The van der Waals surface area contributed by atoms with E-state index in [1.165, 1.54) is 0 Å². The summed E-state index contributed by atoms with van der Waals surface area (Å²) in [6.45, 7) is 19.6. The van der Waals surface area contributed by atoms with Gasteiger partial charge in [0.05, 0.1) is 0 Å². The molecule has 0 aliphatic heterocycles. The maximum absolute atomic E-state index is 10.9. The van der Waals surface area contributed by atoms with Gasteiger partial charge < -0.3 is 10.2 Å². The highest BCUT2D eigenvalue weighted by Crippen LogP contribution is 2.47. The first-order chi connectivity index (χ1) is 11.6. The van der Waals surface area contributed by atoms with E-state index in [9.17, 15) is 10.2 Å². The number of hydrogen-bond donors (Lipinski definition) is 2. The SMILES string of the molecule is C=Cc1c(C)cc(C)c(C(C)(C)c2c(C)cc(C)c(C=C)c2O)c1O. The smallest absolute Gasteiger partial charge is 0.127 e. The Morgan fingerprint density at radius 2 is 1.04 bits per heavy atom. The van der Waals surface area contributed by atoms with E-state index in [2.05, 4.69) is 25.3 Å². The van der Waals surface area contributed by atoms with Gasteiger partial charge in [0.15, 0.2) is 0 Å². The Morgan fingerprint density at radius 1 is 0.720 bits per heavy atom. The van der Waals surface area contributed by atoms with Crippen LogP contribution in [0.5, 0.6) is 11.5 Å². The van der Waals surface area contributed by atoms with Gasteiger partial charge in [-0.2, -0.15) is 0 Å². The molecule has 0 fully saturated rings. The maximum atomic E-state index is 10.9. The van der Waals surface area contributed by atoms with Crippen molar-refractivity contribution in [1.29, 1.82) is 0 Å². The van der Waals surface area contributed by atoms with Crippen LogP contribution in [0.2, 0.25) is 0 Å². The molecule has 0 unspecified atom stereocenters. The summed E-state index contributed by atoms with van der Waals surface area (Å²) in [5.74, 6) is 0.467. The summed E-state index contributed by atoms with van der Waals surface area (Å²) in [5.41, 5.74) is 6.47. The van der Waals surface area contributed by atoms with Crippen LogP contribution < -0.4 is 0 Å². The van der Waals surface area contributed by atoms with E-state index >= 15 is 0 Å². The van der Waals surface area contributed by atoms with Crippen molar-refractivity contribution in [2.24, 2.45) is 0 Å². The Morgan fingerprint density at radius 3 is 1.32 bits per heavy atom. The standard InChI is InChI=1S/C23H28O2/c1-9-17-13(3)11-15(5)19(21(17)24)23(7,8)20-16(6)12-14(4)18(10-2)22(20)25/h9-12,24-25H,1-2H2,3-8H3. The molecule has 0 atom stereocenters. The maximum Gasteiger partial charge on any atom is 0.127 e. The molecule has 0 spiro atoms. The van der Waals surface area contributed by atoms with Crippen molar-refractivity contribution in [3.63, 3.8) is 0 Å². The lowest BCUT2D eigenvalue weighted by Crippen LogP contribution is -2.23. The van der Waals surface area contributed by atoms with Crippen LogP contribution in [0.15, 0.2) is 25.3 Å². The molecule has 25 heavy (non-hydrogen) atoms. The Bertz CT molecular complexity index is 799. The first-order valence-corrected chi connectivity index (χ1v) is 8.50. The molecule has 0 amide bonds. The quantitative estimate of drug-likeness (QED) is 0.725. The minimum absolute atomic E-state index is 0.233. The molecule has 0 aliphatic carbocycles. The van der Waals surface area contributed by atoms with Gasteiger partial charge in [-0.05, 0) is 49.9 Å². The van der Waals surface area contributed by atoms with Gasteiger partial charge in [-0.25, -0.2) is 0 Å². The summed E-state index contributed by atoms with van der Waals surface area (Å²) in [6.07, 6.45) is 3.36. The third kappa shape index (κ3) is 2.86. The fraction of sp³-hybridized carbons (Fsp3) is 0.304. The molecule has 0 saturated heterocycles. The number of phenolic OH excluding ortho intramolecular Hbond substituents is 2. The highest BCUT2D eigenvalue weighted by atomic mass is 16.3. The van der Waals surface area contributed by atoms with Crippen LogP contribution in [0.1, 0.15) is 58.4 Å². The molecular formula is C23H28O2. The molecule has 2 N–H and O–H groups in total. The lowest BCUT2D eigenvalue weighted by atomic mass is 9.72. The molecule has 2 heteroatoms. The zero-order valence-electron chi connectivity index (χ0n) is 16.1. The van der Waals surface area contributed by atoms with Crippen LogP contribution in [-0.4, -0.2) is 10.2 Å². The van der Waals surface area contributed by atoms with Crippen LogP contribution in [-0.2, 0) is 5.41 Å². The van der Waals surface area contributed by atoms with Crippen molar-refractivity contribution in [2.45, 2.75) is 47.0 Å². The van der Waals surface area contributed by atoms with Crippen molar-refractivity contribution in [1.82, 2.24) is 0 Å². The molecule has 132 valence electrons. The van der Waals surface area contributed by atoms with Crippen LogP contribution in [0, 0.1) is 27.7 Å². The average molecular weight is 336 g/mol. The number of benzene rings is 2. The van der Waals surface area contributed by atoms with Crippen LogP contribution in [0.4, 0.5) is 0 Å². The summed E-state index contributed by atoms with van der Waals surface area (Å²) in [4.78, 5) is 0. The molecule has 2 aromatic rings. The van der Waals surface area contributed by atoms with Gasteiger partial charge in [0.1, 0.15) is 11.5 Å². The third-order valence-electron chi connectivity index (χ3n) is 5.15. The molecule has 0 aliphatic rings. The van der Waals surface area contributed by atoms with Crippen molar-refractivity contribution >= 4 is 12.2 Å². The van der Waals surface area contributed by atoms with E-state index in [1.54, 1.807) is 12.2 Å². The first-order valence-electron chi connectivity index (χ1n) is 8.50. The number of phenols is 2. The van der Waals surface area contributed by atoms with Crippen molar-refractivity contribution in [3.8, 4) is 11.5 Å². The van der Waals surface area contributed by atoms with E-state index in [4.69, 9.17) is 0 Å². The van der Waals surface area contributed by atoms with E-state index in [-0.39, 0.29) is 11.5 Å². The van der Waals surface area contributed by atoms with Crippen LogP contribution >= 0.6 is 0 Å². The lowest BCUT2D eigenvalue weighted by Gasteiger charge is -2.32. The van der Waals surface area contributed by atoms with E-state index < -0.39 is 5.41 Å². The van der Waals surface area contributed by atoms with Crippen LogP contribution in [0.3, 0.4) is 0 Å². The minimum atomic E-state index is -0.584. The fourth-order valence-corrected chi connectivity index (χ4v) is 4.18. The highest BCUT2D eigenvalue weighted by Gasteiger charge is 2.34. The van der Waals surface area contributed by atoms with Gasteiger partial charge in [-0.1, -0.05) is 51.3 Å². The highest BCUT2D eigenvalue weighted by molar-refractivity contribution is 5.70. The van der Waals surface area contributed by atoms with Gasteiger partial charge in [-0.15, -0.1) is 0 Å². The second-order valence-corrected chi connectivity index (χ2v) is 7.33. The van der Waals surface area contributed by atoms with Crippen molar-refractivity contribution < 1.29 is 10.2 Å². The molecular weight excluding hydrogens is 308 g/mol. The first kappa shape index (κ1) is 18.9. The van der Waals surface area contributed by atoms with Crippen molar-refractivity contribution in [3.05, 3.63) is 69.8 Å². The average Bonchev–Trinajstić information content (AvgIpc) is 2.45. The van der Waals surface area contributed by atoms with Gasteiger partial charge in [-0.3, -0.25) is 0 Å². The Balaban J connectivity index is 2.90. The molecule has 2 nitrogen and oxygen atoms in total. The van der Waals surface area contributed by atoms with Gasteiger partial charge in [0, 0.05) is 27.7 Å². The van der Waals surface area contributed by atoms with Crippen molar-refractivity contribution in [2.75, 3.05) is 0 Å². The summed E-state index contributed by atoms with van der Waals surface area (Å²) < 4.78 is 0. The van der Waals surface area contributed by atoms with E-state index in [1.807, 2.05) is 41.5 Å². The van der Waals surface area contributed by atoms with E-state index in [0.717, 1.165) is 44.5 Å². The topological polar surface area (TPSA) is 40.5 Å². The summed E-state index contributed by atoms with van der Waals surface area (Å²) in [7, 11) is 0. The summed E-state index contributed by atoms with van der Waals surface area (Å²) in [6, 6.07) is 4.12. The second kappa shape index (κ2) is 6.44. The minimum Gasteiger partial charge on any atom is -0.507 e. The normalized spacial score (nSPS) is 11.4.